The Labute approximate surface area is 100 Å². The van der Waals surface area contributed by atoms with E-state index in [1.165, 1.54) is 70.6 Å². The van der Waals surface area contributed by atoms with Crippen LogP contribution in [0.4, 0.5) is 0 Å². The zero-order chi connectivity index (χ0) is 11.2. The Morgan fingerprint density at radius 3 is 2.62 bits per heavy atom. The summed E-state index contributed by atoms with van der Waals surface area (Å²) in [5, 5.41) is 0. The van der Waals surface area contributed by atoms with Crippen molar-refractivity contribution in [2.24, 2.45) is 11.7 Å². The standard InChI is InChI=1S/C15H27N/c16-15(11-13-7-3-1-4-8-13)12-14-9-5-2-6-10-14/h7,14-15H,1-6,8-12,16H2. The van der Waals surface area contributed by atoms with Crippen molar-refractivity contribution in [1.29, 1.82) is 0 Å². The molecule has 0 heterocycles. The maximum absolute atomic E-state index is 6.29. The molecule has 2 rings (SSSR count). The molecule has 0 bridgehead atoms. The van der Waals surface area contributed by atoms with E-state index in [1.54, 1.807) is 5.57 Å². The molecule has 2 aliphatic rings. The van der Waals surface area contributed by atoms with Crippen LogP contribution in [0.1, 0.15) is 70.6 Å². The normalized spacial score (nSPS) is 25.2. The lowest BCUT2D eigenvalue weighted by Gasteiger charge is -2.25. The third-order valence-corrected chi connectivity index (χ3v) is 4.27. The fourth-order valence-electron chi connectivity index (χ4n) is 3.36. The van der Waals surface area contributed by atoms with Crippen molar-refractivity contribution in [2.45, 2.75) is 76.7 Å². The lowest BCUT2D eigenvalue weighted by Crippen LogP contribution is -2.25. The predicted molar refractivity (Wildman–Crippen MR) is 70.3 cm³/mol. The molecule has 1 atom stereocenters. The predicted octanol–water partition coefficient (Wildman–Crippen LogP) is 4.17. The van der Waals surface area contributed by atoms with E-state index in [1.807, 2.05) is 0 Å². The van der Waals surface area contributed by atoms with Gasteiger partial charge in [-0.2, -0.15) is 0 Å². The fourth-order valence-corrected chi connectivity index (χ4v) is 3.36. The van der Waals surface area contributed by atoms with Gasteiger partial charge in [0.2, 0.25) is 0 Å². The van der Waals surface area contributed by atoms with E-state index < -0.39 is 0 Å². The first-order valence-electron chi connectivity index (χ1n) is 7.28. The first kappa shape index (κ1) is 12.2. The summed E-state index contributed by atoms with van der Waals surface area (Å²) in [5.74, 6) is 0.938. The Balaban J connectivity index is 1.70. The molecule has 0 aromatic rings. The molecule has 0 amide bonds. The number of hydrogen-bond donors (Lipinski definition) is 1. The number of rotatable bonds is 4. The quantitative estimate of drug-likeness (QED) is 0.708. The van der Waals surface area contributed by atoms with Gasteiger partial charge in [-0.25, -0.2) is 0 Å². The number of allylic oxidation sites excluding steroid dienone is 1. The SMILES string of the molecule is NC(CC1=CCCCC1)CC1CCCCC1. The molecule has 92 valence electrons. The Morgan fingerprint density at radius 2 is 1.94 bits per heavy atom. The van der Waals surface area contributed by atoms with Gasteiger partial charge >= 0.3 is 0 Å². The van der Waals surface area contributed by atoms with Gasteiger partial charge in [0.05, 0.1) is 0 Å². The van der Waals surface area contributed by atoms with Crippen molar-refractivity contribution in [1.82, 2.24) is 0 Å². The highest BCUT2D eigenvalue weighted by atomic mass is 14.6. The molecule has 0 aliphatic heterocycles. The largest absolute Gasteiger partial charge is 0.327 e. The number of nitrogens with two attached hydrogens (primary N) is 1. The van der Waals surface area contributed by atoms with E-state index in [2.05, 4.69) is 6.08 Å². The number of hydrogen-bond acceptors (Lipinski definition) is 1. The van der Waals surface area contributed by atoms with Gasteiger partial charge in [-0.05, 0) is 44.4 Å². The average Bonchev–Trinajstić information content (AvgIpc) is 2.31. The second-order valence-corrected chi connectivity index (χ2v) is 5.81. The molecule has 1 heteroatoms. The lowest BCUT2D eigenvalue weighted by molar-refractivity contribution is 0.315. The summed E-state index contributed by atoms with van der Waals surface area (Å²) in [4.78, 5) is 0. The lowest BCUT2D eigenvalue weighted by atomic mass is 9.83. The van der Waals surface area contributed by atoms with Crippen LogP contribution in [0.25, 0.3) is 0 Å². The van der Waals surface area contributed by atoms with Gasteiger partial charge in [0.15, 0.2) is 0 Å². The van der Waals surface area contributed by atoms with Gasteiger partial charge in [-0.1, -0.05) is 43.8 Å². The maximum Gasteiger partial charge on any atom is 0.00787 e. The molecule has 2 aliphatic carbocycles. The molecular formula is C15H27N. The topological polar surface area (TPSA) is 26.0 Å². The summed E-state index contributed by atoms with van der Waals surface area (Å²) in [6, 6.07) is 0.437. The first-order chi connectivity index (χ1) is 7.84. The van der Waals surface area contributed by atoms with Gasteiger partial charge < -0.3 is 5.73 Å². The van der Waals surface area contributed by atoms with Crippen molar-refractivity contribution in [2.75, 3.05) is 0 Å². The molecular weight excluding hydrogens is 194 g/mol. The zero-order valence-corrected chi connectivity index (χ0v) is 10.6. The highest BCUT2D eigenvalue weighted by molar-refractivity contribution is 5.06. The highest BCUT2D eigenvalue weighted by Crippen LogP contribution is 2.29. The van der Waals surface area contributed by atoms with Crippen LogP contribution in [-0.2, 0) is 0 Å². The van der Waals surface area contributed by atoms with Crippen molar-refractivity contribution in [3.05, 3.63) is 11.6 Å². The molecule has 2 N–H and O–H groups in total. The highest BCUT2D eigenvalue weighted by Gasteiger charge is 2.17. The van der Waals surface area contributed by atoms with Gasteiger partial charge in [-0.3, -0.25) is 0 Å². The average molecular weight is 221 g/mol. The molecule has 0 aromatic carbocycles. The van der Waals surface area contributed by atoms with Crippen LogP contribution in [0, 0.1) is 5.92 Å². The second-order valence-electron chi connectivity index (χ2n) is 5.81. The summed E-state index contributed by atoms with van der Waals surface area (Å²) in [5.41, 5.74) is 7.94. The van der Waals surface area contributed by atoms with Gasteiger partial charge in [-0.15, -0.1) is 0 Å². The van der Waals surface area contributed by atoms with E-state index >= 15 is 0 Å². The van der Waals surface area contributed by atoms with Gasteiger partial charge in [0.1, 0.15) is 0 Å². The van der Waals surface area contributed by atoms with Crippen LogP contribution in [0.2, 0.25) is 0 Å². The van der Waals surface area contributed by atoms with E-state index in [-0.39, 0.29) is 0 Å². The Kier molecular flexibility index (Phi) is 4.90. The van der Waals surface area contributed by atoms with Crippen molar-refractivity contribution in [3.63, 3.8) is 0 Å². The summed E-state index contributed by atoms with van der Waals surface area (Å²) < 4.78 is 0. The van der Waals surface area contributed by atoms with Crippen LogP contribution in [0.15, 0.2) is 11.6 Å². The monoisotopic (exact) mass is 221 g/mol. The first-order valence-corrected chi connectivity index (χ1v) is 7.28. The van der Waals surface area contributed by atoms with E-state index in [9.17, 15) is 0 Å². The van der Waals surface area contributed by atoms with E-state index in [4.69, 9.17) is 5.73 Å². The van der Waals surface area contributed by atoms with Crippen LogP contribution < -0.4 is 5.73 Å². The van der Waals surface area contributed by atoms with Crippen LogP contribution in [0.5, 0.6) is 0 Å². The van der Waals surface area contributed by atoms with Gasteiger partial charge in [0.25, 0.3) is 0 Å². The molecule has 0 radical (unpaired) electrons. The Bertz CT molecular complexity index is 226. The summed E-state index contributed by atoms with van der Waals surface area (Å²) >= 11 is 0. The molecule has 16 heavy (non-hydrogen) atoms. The molecule has 1 fully saturated rings. The van der Waals surface area contributed by atoms with E-state index in [0.717, 1.165) is 5.92 Å². The molecule has 0 spiro atoms. The summed E-state index contributed by atoms with van der Waals surface area (Å²) in [6.45, 7) is 0. The Morgan fingerprint density at radius 1 is 1.12 bits per heavy atom. The van der Waals surface area contributed by atoms with E-state index in [0.29, 0.717) is 6.04 Å². The zero-order valence-electron chi connectivity index (χ0n) is 10.6. The minimum atomic E-state index is 0.437. The third kappa shape index (κ3) is 3.93. The Hall–Kier alpha value is -0.300. The van der Waals surface area contributed by atoms with Crippen molar-refractivity contribution in [3.8, 4) is 0 Å². The summed E-state index contributed by atoms with van der Waals surface area (Å²) in [6.07, 6.45) is 17.5. The van der Waals surface area contributed by atoms with Crippen LogP contribution in [-0.4, -0.2) is 6.04 Å². The molecule has 1 nitrogen and oxygen atoms in total. The van der Waals surface area contributed by atoms with Crippen molar-refractivity contribution < 1.29 is 0 Å². The van der Waals surface area contributed by atoms with Crippen LogP contribution >= 0.6 is 0 Å². The van der Waals surface area contributed by atoms with Gasteiger partial charge in [0, 0.05) is 6.04 Å². The molecule has 0 saturated heterocycles. The molecule has 0 aromatic heterocycles. The van der Waals surface area contributed by atoms with Crippen molar-refractivity contribution >= 4 is 0 Å². The smallest absolute Gasteiger partial charge is 0.00787 e. The minimum Gasteiger partial charge on any atom is -0.327 e. The van der Waals surface area contributed by atoms with Crippen LogP contribution in [0.3, 0.4) is 0 Å². The fraction of sp³-hybridized carbons (Fsp3) is 0.867. The second kappa shape index (κ2) is 6.44. The molecule has 1 saturated carbocycles. The molecule has 1 unspecified atom stereocenters. The summed E-state index contributed by atoms with van der Waals surface area (Å²) in [7, 11) is 0. The maximum atomic E-state index is 6.29. The minimum absolute atomic E-state index is 0.437. The third-order valence-electron chi connectivity index (χ3n) is 4.27.